The van der Waals surface area contributed by atoms with Crippen LogP contribution in [0, 0.1) is 6.92 Å². The van der Waals surface area contributed by atoms with E-state index in [0.29, 0.717) is 18.2 Å². The molecule has 114 valence electrons. The second-order valence-corrected chi connectivity index (χ2v) is 5.91. The Balaban J connectivity index is 1.69. The molecule has 0 unspecified atom stereocenters. The Labute approximate surface area is 124 Å². The highest BCUT2D eigenvalue weighted by Gasteiger charge is 2.41. The van der Waals surface area contributed by atoms with Crippen LogP contribution in [0.15, 0.2) is 6.07 Å². The molecule has 1 aromatic heterocycles. The lowest BCUT2D eigenvalue weighted by atomic mass is 9.89. The second kappa shape index (κ2) is 5.14. The molecule has 0 bridgehead atoms. The molecule has 7 heteroatoms. The van der Waals surface area contributed by atoms with Crippen molar-refractivity contribution in [2.45, 2.75) is 25.4 Å². The second-order valence-electron chi connectivity index (χ2n) is 5.91. The number of carbonyl (C=O) groups is 1. The van der Waals surface area contributed by atoms with Crippen molar-refractivity contribution in [2.24, 2.45) is 0 Å². The molecular weight excluding hydrogens is 270 g/mol. The third-order valence-electron chi connectivity index (χ3n) is 4.30. The van der Waals surface area contributed by atoms with E-state index < -0.39 is 0 Å². The van der Waals surface area contributed by atoms with Crippen molar-refractivity contribution in [2.75, 3.05) is 43.9 Å². The zero-order valence-electron chi connectivity index (χ0n) is 12.5. The average molecular weight is 291 g/mol. The number of amides is 1. The molecule has 3 rings (SSSR count). The standard InChI is InChI=1S/C14H21N5O2/c1-10-16-11(15)7-12(17-10)19-5-3-14(4-6-19)9-18(2)13(20)8-21-14/h7H,3-6,8-9H2,1-2H3,(H2,15,16,17). The van der Waals surface area contributed by atoms with Crippen molar-refractivity contribution < 1.29 is 9.53 Å². The first kappa shape index (κ1) is 14.1. The molecule has 0 aromatic carbocycles. The van der Waals surface area contributed by atoms with Gasteiger partial charge in [0.05, 0.1) is 5.60 Å². The van der Waals surface area contributed by atoms with Gasteiger partial charge in [0.25, 0.3) is 0 Å². The van der Waals surface area contributed by atoms with Gasteiger partial charge in [-0.2, -0.15) is 0 Å². The molecule has 0 atom stereocenters. The fourth-order valence-electron chi connectivity index (χ4n) is 3.07. The lowest BCUT2D eigenvalue weighted by molar-refractivity contribution is -0.164. The topological polar surface area (TPSA) is 84.6 Å². The summed E-state index contributed by atoms with van der Waals surface area (Å²) in [6.45, 7) is 4.40. The zero-order valence-corrected chi connectivity index (χ0v) is 12.5. The summed E-state index contributed by atoms with van der Waals surface area (Å²) >= 11 is 0. The smallest absolute Gasteiger partial charge is 0.248 e. The first-order chi connectivity index (χ1) is 9.97. The summed E-state index contributed by atoms with van der Waals surface area (Å²) < 4.78 is 5.85. The van der Waals surface area contributed by atoms with Gasteiger partial charge in [-0.05, 0) is 19.8 Å². The van der Waals surface area contributed by atoms with E-state index in [1.807, 2.05) is 20.0 Å². The molecular formula is C14H21N5O2. The van der Waals surface area contributed by atoms with E-state index in [0.717, 1.165) is 31.7 Å². The molecule has 1 spiro atoms. The number of piperidine rings is 1. The van der Waals surface area contributed by atoms with Crippen molar-refractivity contribution in [3.63, 3.8) is 0 Å². The van der Waals surface area contributed by atoms with Crippen molar-refractivity contribution >= 4 is 17.5 Å². The van der Waals surface area contributed by atoms with E-state index in [2.05, 4.69) is 14.9 Å². The van der Waals surface area contributed by atoms with Gasteiger partial charge in [-0.15, -0.1) is 0 Å². The van der Waals surface area contributed by atoms with Gasteiger partial charge in [0.2, 0.25) is 5.91 Å². The van der Waals surface area contributed by atoms with E-state index >= 15 is 0 Å². The van der Waals surface area contributed by atoms with Crippen molar-refractivity contribution in [3.8, 4) is 0 Å². The van der Waals surface area contributed by atoms with Crippen LogP contribution in [0.2, 0.25) is 0 Å². The number of ether oxygens (including phenoxy) is 1. The molecule has 7 nitrogen and oxygen atoms in total. The molecule has 0 radical (unpaired) electrons. The van der Waals surface area contributed by atoms with Gasteiger partial charge in [-0.1, -0.05) is 0 Å². The van der Waals surface area contributed by atoms with Gasteiger partial charge >= 0.3 is 0 Å². The van der Waals surface area contributed by atoms with Crippen LogP contribution < -0.4 is 10.6 Å². The predicted octanol–water partition coefficient (Wildman–Crippen LogP) is 0.195. The monoisotopic (exact) mass is 291 g/mol. The molecule has 1 amide bonds. The SMILES string of the molecule is Cc1nc(N)cc(N2CCC3(CC2)CN(C)C(=O)CO3)n1. The number of nitrogens with two attached hydrogens (primary N) is 1. The number of likely N-dealkylation sites (N-methyl/N-ethyl adjacent to an activating group) is 1. The molecule has 1 aromatic rings. The molecule has 0 saturated carbocycles. The van der Waals surface area contributed by atoms with E-state index in [1.165, 1.54) is 0 Å². The van der Waals surface area contributed by atoms with Crippen LogP contribution in [0.5, 0.6) is 0 Å². The highest BCUT2D eigenvalue weighted by atomic mass is 16.5. The highest BCUT2D eigenvalue weighted by molar-refractivity contribution is 5.78. The van der Waals surface area contributed by atoms with Gasteiger partial charge in [0.1, 0.15) is 24.1 Å². The van der Waals surface area contributed by atoms with Crippen LogP contribution in [0.1, 0.15) is 18.7 Å². The summed E-state index contributed by atoms with van der Waals surface area (Å²) in [5, 5.41) is 0. The number of hydrogen-bond donors (Lipinski definition) is 1. The minimum atomic E-state index is -0.202. The van der Waals surface area contributed by atoms with Gasteiger partial charge in [0, 0.05) is 32.7 Å². The lowest BCUT2D eigenvalue weighted by Crippen LogP contribution is -2.57. The van der Waals surface area contributed by atoms with Crippen molar-refractivity contribution in [1.29, 1.82) is 0 Å². The van der Waals surface area contributed by atoms with Crippen LogP contribution in [-0.2, 0) is 9.53 Å². The van der Waals surface area contributed by atoms with E-state index in [9.17, 15) is 4.79 Å². The molecule has 0 aliphatic carbocycles. The van der Waals surface area contributed by atoms with Crippen LogP contribution in [0.4, 0.5) is 11.6 Å². The number of rotatable bonds is 1. The van der Waals surface area contributed by atoms with Crippen LogP contribution in [-0.4, -0.2) is 59.7 Å². The Bertz CT molecular complexity index is 534. The van der Waals surface area contributed by atoms with Gasteiger partial charge in [0.15, 0.2) is 0 Å². The maximum atomic E-state index is 11.5. The number of carbonyl (C=O) groups excluding carboxylic acids is 1. The molecule has 2 aliphatic rings. The molecule has 2 N–H and O–H groups in total. The van der Waals surface area contributed by atoms with Crippen molar-refractivity contribution in [3.05, 3.63) is 11.9 Å². The zero-order chi connectivity index (χ0) is 15.0. The lowest BCUT2D eigenvalue weighted by Gasteiger charge is -2.46. The Kier molecular flexibility index (Phi) is 3.44. The summed E-state index contributed by atoms with van der Waals surface area (Å²) in [5.74, 6) is 2.11. The fourth-order valence-corrected chi connectivity index (χ4v) is 3.07. The maximum absolute atomic E-state index is 11.5. The van der Waals surface area contributed by atoms with Gasteiger partial charge < -0.3 is 20.3 Å². The summed E-state index contributed by atoms with van der Waals surface area (Å²) in [6.07, 6.45) is 1.77. The van der Waals surface area contributed by atoms with Crippen molar-refractivity contribution in [1.82, 2.24) is 14.9 Å². The average Bonchev–Trinajstić information content (AvgIpc) is 2.43. The molecule has 21 heavy (non-hydrogen) atoms. The first-order valence-corrected chi connectivity index (χ1v) is 7.21. The Morgan fingerprint density at radius 2 is 2.05 bits per heavy atom. The third kappa shape index (κ3) is 2.78. The number of nitrogen functional groups attached to an aromatic ring is 1. The molecule has 3 heterocycles. The largest absolute Gasteiger partial charge is 0.384 e. The van der Waals surface area contributed by atoms with Gasteiger partial charge in [-0.25, -0.2) is 9.97 Å². The predicted molar refractivity (Wildman–Crippen MR) is 78.9 cm³/mol. The van der Waals surface area contributed by atoms with Crippen LogP contribution in [0.25, 0.3) is 0 Å². The Morgan fingerprint density at radius 3 is 2.67 bits per heavy atom. The number of morpholine rings is 1. The minimum absolute atomic E-state index is 0.0576. The van der Waals surface area contributed by atoms with E-state index in [4.69, 9.17) is 10.5 Å². The Morgan fingerprint density at radius 1 is 1.33 bits per heavy atom. The summed E-state index contributed by atoms with van der Waals surface area (Å²) in [6, 6.07) is 1.81. The summed E-state index contributed by atoms with van der Waals surface area (Å²) in [4.78, 5) is 24.1. The fraction of sp³-hybridized carbons (Fsp3) is 0.643. The summed E-state index contributed by atoms with van der Waals surface area (Å²) in [7, 11) is 1.84. The summed E-state index contributed by atoms with van der Waals surface area (Å²) in [5.41, 5.74) is 5.59. The Hall–Kier alpha value is -1.89. The number of anilines is 2. The molecule has 2 aliphatic heterocycles. The quantitative estimate of drug-likeness (QED) is 0.795. The van der Waals surface area contributed by atoms with E-state index in [-0.39, 0.29) is 18.1 Å². The first-order valence-electron chi connectivity index (χ1n) is 7.21. The number of nitrogens with zero attached hydrogens (tertiary/aromatic N) is 4. The van der Waals surface area contributed by atoms with Crippen LogP contribution >= 0.6 is 0 Å². The van der Waals surface area contributed by atoms with Gasteiger partial charge in [-0.3, -0.25) is 4.79 Å². The third-order valence-corrected chi connectivity index (χ3v) is 4.30. The normalized spacial score (nSPS) is 21.9. The molecule has 2 saturated heterocycles. The van der Waals surface area contributed by atoms with E-state index in [1.54, 1.807) is 4.90 Å². The number of hydrogen-bond acceptors (Lipinski definition) is 6. The highest BCUT2D eigenvalue weighted by Crippen LogP contribution is 2.31. The minimum Gasteiger partial charge on any atom is -0.384 e. The molecule has 2 fully saturated rings. The number of aryl methyl sites for hydroxylation is 1. The maximum Gasteiger partial charge on any atom is 0.248 e. The van der Waals surface area contributed by atoms with Crippen LogP contribution in [0.3, 0.4) is 0 Å². The number of aromatic nitrogens is 2.